The van der Waals surface area contributed by atoms with Gasteiger partial charge in [-0.25, -0.2) is 0 Å². The lowest BCUT2D eigenvalue weighted by Gasteiger charge is -2.17. The summed E-state index contributed by atoms with van der Waals surface area (Å²) in [5, 5.41) is -2.14. The van der Waals surface area contributed by atoms with Gasteiger partial charge in [0.1, 0.15) is 17.2 Å². The average molecular weight is 470 g/mol. The summed E-state index contributed by atoms with van der Waals surface area (Å²) in [7, 11) is 0. The number of hydrogen-bond donors (Lipinski definition) is 0. The molecule has 4 nitrogen and oxygen atoms in total. The van der Waals surface area contributed by atoms with E-state index in [-0.39, 0.29) is 22.8 Å². The van der Waals surface area contributed by atoms with Crippen molar-refractivity contribution in [2.45, 2.75) is 32.0 Å². The van der Waals surface area contributed by atoms with Gasteiger partial charge in [-0.2, -0.15) is 13.2 Å². The zero-order chi connectivity index (χ0) is 21.8. The molecule has 2 aromatic carbocycles. The van der Waals surface area contributed by atoms with E-state index in [1.807, 2.05) is 6.92 Å². The van der Waals surface area contributed by atoms with Crippen molar-refractivity contribution in [3.63, 3.8) is 0 Å². The van der Waals surface area contributed by atoms with Crippen molar-refractivity contribution in [2.75, 3.05) is 0 Å². The number of halogens is 6. The number of benzene rings is 2. The molecular weight excluding hydrogens is 456 g/mol. The Labute approximate surface area is 179 Å². The fraction of sp³-hybridized carbons (Fsp3) is 0.263. The summed E-state index contributed by atoms with van der Waals surface area (Å²) in [4.78, 5) is 23.2. The first-order valence-electron chi connectivity index (χ1n) is 8.27. The Kier molecular flexibility index (Phi) is 7.80. The number of rotatable bonds is 8. The van der Waals surface area contributed by atoms with Gasteiger partial charge in [-0.1, -0.05) is 24.9 Å². The third kappa shape index (κ3) is 6.26. The van der Waals surface area contributed by atoms with Gasteiger partial charge in [-0.05, 0) is 60.0 Å². The minimum atomic E-state index is -4.60. The van der Waals surface area contributed by atoms with Crippen LogP contribution in [0.25, 0.3) is 0 Å². The molecule has 0 aliphatic carbocycles. The average Bonchev–Trinajstić information content (AvgIpc) is 2.61. The zero-order valence-corrected chi connectivity index (χ0v) is 17.1. The topological polar surface area (TPSA) is 52.6 Å². The van der Waals surface area contributed by atoms with Gasteiger partial charge < -0.3 is 9.47 Å². The molecule has 0 heterocycles. The maximum atomic E-state index is 12.8. The van der Waals surface area contributed by atoms with Crippen molar-refractivity contribution in [3.05, 3.63) is 52.5 Å². The molecular formula is C19H14Cl3F3O4. The van der Waals surface area contributed by atoms with E-state index in [1.54, 1.807) is 0 Å². The highest BCUT2D eigenvalue weighted by Gasteiger charge is 2.33. The van der Waals surface area contributed by atoms with Crippen molar-refractivity contribution in [2.24, 2.45) is 0 Å². The Bertz CT molecular complexity index is 916. The van der Waals surface area contributed by atoms with Crippen LogP contribution in [0.15, 0.2) is 36.4 Å². The van der Waals surface area contributed by atoms with E-state index in [4.69, 9.17) is 44.3 Å². The molecule has 0 spiro atoms. The number of alkyl halides is 3. The lowest BCUT2D eigenvalue weighted by atomic mass is 10.1. The molecule has 1 unspecified atom stereocenters. The summed E-state index contributed by atoms with van der Waals surface area (Å²) >= 11 is 16.7. The predicted molar refractivity (Wildman–Crippen MR) is 103 cm³/mol. The van der Waals surface area contributed by atoms with E-state index in [2.05, 4.69) is 0 Å². The molecule has 0 amide bonds. The van der Waals surface area contributed by atoms with Crippen molar-refractivity contribution in [1.82, 2.24) is 0 Å². The first kappa shape index (κ1) is 23.3. The second-order valence-electron chi connectivity index (χ2n) is 5.87. The second-order valence-corrected chi connectivity index (χ2v) is 7.00. The van der Waals surface area contributed by atoms with Gasteiger partial charge in [0, 0.05) is 6.07 Å². The molecule has 0 radical (unpaired) electrons. The molecule has 0 bridgehead atoms. The molecule has 0 saturated carbocycles. The highest BCUT2D eigenvalue weighted by atomic mass is 35.5. The van der Waals surface area contributed by atoms with Crippen LogP contribution < -0.4 is 9.47 Å². The zero-order valence-electron chi connectivity index (χ0n) is 14.9. The van der Waals surface area contributed by atoms with Crippen molar-refractivity contribution < 1.29 is 32.2 Å². The van der Waals surface area contributed by atoms with Crippen molar-refractivity contribution in [3.8, 4) is 17.2 Å². The quantitative estimate of drug-likeness (QED) is 0.397. The van der Waals surface area contributed by atoms with Crippen LogP contribution in [0, 0.1) is 0 Å². The summed E-state index contributed by atoms with van der Waals surface area (Å²) in [6, 6.07) is 6.85. The lowest BCUT2D eigenvalue weighted by molar-refractivity contribution is -0.137. The molecule has 10 heteroatoms. The number of ether oxygens (including phenoxy) is 2. The summed E-state index contributed by atoms with van der Waals surface area (Å²) < 4.78 is 49.3. The molecule has 0 N–H and O–H groups in total. The van der Waals surface area contributed by atoms with Crippen LogP contribution in [0.1, 0.15) is 35.7 Å². The Hall–Kier alpha value is -1.96. The fourth-order valence-electron chi connectivity index (χ4n) is 2.39. The van der Waals surface area contributed by atoms with Crippen LogP contribution >= 0.6 is 34.8 Å². The molecule has 2 aromatic rings. The van der Waals surface area contributed by atoms with Crippen LogP contribution in [-0.4, -0.2) is 16.6 Å². The Morgan fingerprint density at radius 1 is 1.07 bits per heavy atom. The largest absolute Gasteiger partial charge is 0.480 e. The van der Waals surface area contributed by atoms with Gasteiger partial charge >= 0.3 is 6.18 Å². The Morgan fingerprint density at radius 3 is 2.21 bits per heavy atom. The van der Waals surface area contributed by atoms with Crippen LogP contribution in [0.5, 0.6) is 17.2 Å². The van der Waals surface area contributed by atoms with E-state index in [0.29, 0.717) is 12.8 Å². The van der Waals surface area contributed by atoms with Gasteiger partial charge in [0.15, 0.2) is 6.10 Å². The van der Waals surface area contributed by atoms with Crippen LogP contribution in [0.4, 0.5) is 13.2 Å². The van der Waals surface area contributed by atoms with E-state index in [1.165, 1.54) is 18.2 Å². The molecule has 0 aromatic heterocycles. The van der Waals surface area contributed by atoms with Gasteiger partial charge in [0.25, 0.3) is 10.5 Å². The molecule has 2 rings (SSSR count). The van der Waals surface area contributed by atoms with Crippen LogP contribution in [0.2, 0.25) is 5.02 Å². The molecule has 29 heavy (non-hydrogen) atoms. The first-order valence-corrected chi connectivity index (χ1v) is 9.40. The van der Waals surface area contributed by atoms with E-state index in [0.717, 1.165) is 18.2 Å². The third-order valence-corrected chi connectivity index (χ3v) is 4.48. The minimum absolute atomic E-state index is 0.0180. The summed E-state index contributed by atoms with van der Waals surface area (Å²) in [5.74, 6) is 0.140. The van der Waals surface area contributed by atoms with E-state index >= 15 is 0 Å². The minimum Gasteiger partial charge on any atom is -0.480 e. The normalized spacial score (nSPS) is 12.4. The SMILES string of the molecule is CCCC(Oc1ccc(Oc2ccc(C(F)(F)F)c(Cl)c2)cc1C(=O)Cl)C(=O)Cl. The van der Waals surface area contributed by atoms with E-state index < -0.39 is 33.4 Å². The van der Waals surface area contributed by atoms with Gasteiger partial charge in [0.05, 0.1) is 16.1 Å². The van der Waals surface area contributed by atoms with Gasteiger partial charge in [0.2, 0.25) is 0 Å². The van der Waals surface area contributed by atoms with E-state index in [9.17, 15) is 22.8 Å². The molecule has 1 atom stereocenters. The van der Waals surface area contributed by atoms with Crippen molar-refractivity contribution >= 4 is 45.3 Å². The number of carbonyl (C=O) groups excluding carboxylic acids is 2. The number of carbonyl (C=O) groups is 2. The predicted octanol–water partition coefficient (Wildman–Crippen LogP) is 6.84. The van der Waals surface area contributed by atoms with Crippen LogP contribution in [-0.2, 0) is 11.0 Å². The third-order valence-electron chi connectivity index (χ3n) is 3.72. The summed E-state index contributed by atoms with van der Waals surface area (Å²) in [5.41, 5.74) is -1.10. The molecule has 0 saturated heterocycles. The molecule has 0 aliphatic heterocycles. The highest BCUT2D eigenvalue weighted by Crippen LogP contribution is 2.38. The lowest BCUT2D eigenvalue weighted by Crippen LogP contribution is -2.24. The molecule has 0 fully saturated rings. The second kappa shape index (κ2) is 9.69. The first-order chi connectivity index (χ1) is 13.5. The van der Waals surface area contributed by atoms with Crippen LogP contribution in [0.3, 0.4) is 0 Å². The maximum Gasteiger partial charge on any atom is 0.417 e. The maximum absolute atomic E-state index is 12.8. The van der Waals surface area contributed by atoms with Gasteiger partial charge in [-0.15, -0.1) is 0 Å². The van der Waals surface area contributed by atoms with Crippen molar-refractivity contribution in [1.29, 1.82) is 0 Å². The molecule has 156 valence electrons. The summed E-state index contributed by atoms with van der Waals surface area (Å²) in [6.07, 6.45) is -4.61. The number of hydrogen-bond acceptors (Lipinski definition) is 4. The fourth-order valence-corrected chi connectivity index (χ4v) is 2.97. The Balaban J connectivity index is 2.29. The highest BCUT2D eigenvalue weighted by molar-refractivity contribution is 6.68. The molecule has 0 aliphatic rings. The monoisotopic (exact) mass is 468 g/mol. The van der Waals surface area contributed by atoms with Gasteiger partial charge in [-0.3, -0.25) is 9.59 Å². The smallest absolute Gasteiger partial charge is 0.417 e. The summed E-state index contributed by atoms with van der Waals surface area (Å²) in [6.45, 7) is 1.83. The standard InChI is InChI=1S/C19H14Cl3F3O4/c1-2-3-16(18(22)27)29-15-7-5-10(8-12(15)17(21)26)28-11-4-6-13(14(20)9-11)19(23,24)25/h4-9,16H,2-3H2,1H3. The Morgan fingerprint density at radius 2 is 1.69 bits per heavy atom.